The molecule has 5 nitrogen and oxygen atoms in total. The molecule has 2 fully saturated rings. The fourth-order valence-corrected chi connectivity index (χ4v) is 4.09. The van der Waals surface area contributed by atoms with Crippen LogP contribution in [0.5, 0.6) is 0 Å². The van der Waals surface area contributed by atoms with Crippen molar-refractivity contribution in [3.63, 3.8) is 0 Å². The molecule has 0 bridgehead atoms. The molecule has 3 heterocycles. The highest BCUT2D eigenvalue weighted by atomic mass is 32.1. The third kappa shape index (κ3) is 3.80. The molecule has 0 amide bonds. The number of aliphatic imine (C=N–C) groups is 1. The van der Waals surface area contributed by atoms with Crippen LogP contribution in [-0.4, -0.2) is 68.7 Å². The van der Waals surface area contributed by atoms with E-state index >= 15 is 0 Å². The fourth-order valence-electron chi connectivity index (χ4n) is 3.23. The molecule has 1 N–H and O–H groups in total. The van der Waals surface area contributed by atoms with Crippen LogP contribution < -0.4 is 5.32 Å². The lowest BCUT2D eigenvalue weighted by Gasteiger charge is -2.35. The van der Waals surface area contributed by atoms with Crippen LogP contribution in [0.25, 0.3) is 0 Å². The highest BCUT2D eigenvalue weighted by Gasteiger charge is 2.24. The zero-order chi connectivity index (χ0) is 15.2. The second kappa shape index (κ2) is 7.94. The van der Waals surface area contributed by atoms with Crippen molar-refractivity contribution in [3.05, 3.63) is 22.4 Å². The number of morpholine rings is 1. The van der Waals surface area contributed by atoms with E-state index in [2.05, 4.69) is 37.6 Å². The van der Waals surface area contributed by atoms with E-state index in [9.17, 15) is 0 Å². The van der Waals surface area contributed by atoms with E-state index in [-0.39, 0.29) is 0 Å². The van der Waals surface area contributed by atoms with E-state index in [0.29, 0.717) is 6.04 Å². The molecule has 2 aliphatic heterocycles. The van der Waals surface area contributed by atoms with Crippen LogP contribution in [0.1, 0.15) is 23.8 Å². The van der Waals surface area contributed by atoms with Gasteiger partial charge in [-0.25, -0.2) is 0 Å². The standard InChI is InChI=1S/C16H26N4OS/c1-17-16(20-6-2-3-7-20)18-13-14(15-5-4-12-22-15)19-8-10-21-11-9-19/h4-5,12,14H,2-3,6-11,13H2,1H3,(H,17,18). The monoisotopic (exact) mass is 322 g/mol. The lowest BCUT2D eigenvalue weighted by atomic mass is 10.2. The topological polar surface area (TPSA) is 40.1 Å². The largest absolute Gasteiger partial charge is 0.379 e. The Labute approximate surface area is 137 Å². The van der Waals surface area contributed by atoms with E-state index in [1.54, 1.807) is 0 Å². The third-order valence-electron chi connectivity index (χ3n) is 4.43. The summed E-state index contributed by atoms with van der Waals surface area (Å²) in [5.74, 6) is 1.05. The summed E-state index contributed by atoms with van der Waals surface area (Å²) in [6, 6.07) is 4.79. The fraction of sp³-hybridized carbons (Fsp3) is 0.688. The maximum Gasteiger partial charge on any atom is 0.193 e. The molecule has 22 heavy (non-hydrogen) atoms. The van der Waals surface area contributed by atoms with E-state index < -0.39 is 0 Å². The van der Waals surface area contributed by atoms with Crippen LogP contribution in [-0.2, 0) is 4.74 Å². The predicted molar refractivity (Wildman–Crippen MR) is 91.6 cm³/mol. The highest BCUT2D eigenvalue weighted by molar-refractivity contribution is 7.10. The summed E-state index contributed by atoms with van der Waals surface area (Å²) in [6.07, 6.45) is 2.55. The predicted octanol–water partition coefficient (Wildman–Crippen LogP) is 1.79. The molecule has 0 aliphatic carbocycles. The van der Waals surface area contributed by atoms with Gasteiger partial charge in [0.05, 0.1) is 19.3 Å². The summed E-state index contributed by atoms with van der Waals surface area (Å²) in [5.41, 5.74) is 0. The van der Waals surface area contributed by atoms with E-state index in [4.69, 9.17) is 4.74 Å². The first-order valence-corrected chi connectivity index (χ1v) is 9.07. The summed E-state index contributed by atoms with van der Waals surface area (Å²) < 4.78 is 5.50. The van der Waals surface area contributed by atoms with Gasteiger partial charge in [-0.15, -0.1) is 11.3 Å². The molecule has 2 saturated heterocycles. The maximum absolute atomic E-state index is 5.50. The number of thiophene rings is 1. The first-order chi connectivity index (χ1) is 10.9. The Morgan fingerprint density at radius 3 is 2.73 bits per heavy atom. The van der Waals surface area contributed by atoms with Gasteiger partial charge in [0.2, 0.25) is 0 Å². The van der Waals surface area contributed by atoms with Gasteiger partial charge in [0.25, 0.3) is 0 Å². The van der Waals surface area contributed by atoms with Crippen molar-refractivity contribution < 1.29 is 4.74 Å². The van der Waals surface area contributed by atoms with Gasteiger partial charge in [-0.1, -0.05) is 6.07 Å². The van der Waals surface area contributed by atoms with Crippen LogP contribution >= 0.6 is 11.3 Å². The number of ether oxygens (including phenoxy) is 1. The Morgan fingerprint density at radius 2 is 2.09 bits per heavy atom. The Bertz CT molecular complexity index is 465. The van der Waals surface area contributed by atoms with Gasteiger partial charge in [0, 0.05) is 44.6 Å². The van der Waals surface area contributed by atoms with Crippen molar-refractivity contribution in [1.82, 2.24) is 15.1 Å². The molecule has 0 spiro atoms. The summed E-state index contributed by atoms with van der Waals surface area (Å²) in [7, 11) is 1.88. The van der Waals surface area contributed by atoms with Crippen LogP contribution in [0.15, 0.2) is 22.5 Å². The molecule has 0 radical (unpaired) electrons. The average Bonchev–Trinajstić information content (AvgIpc) is 3.26. The normalized spacial score (nSPS) is 22.0. The Kier molecular flexibility index (Phi) is 5.70. The second-order valence-electron chi connectivity index (χ2n) is 5.80. The van der Waals surface area contributed by atoms with Crippen molar-refractivity contribution >= 4 is 17.3 Å². The van der Waals surface area contributed by atoms with E-state index in [0.717, 1.165) is 51.9 Å². The lowest BCUT2D eigenvalue weighted by molar-refractivity contribution is 0.0176. The van der Waals surface area contributed by atoms with Crippen LogP contribution in [0.4, 0.5) is 0 Å². The molecule has 2 aliphatic rings. The first-order valence-electron chi connectivity index (χ1n) is 8.19. The molecule has 1 aromatic heterocycles. The maximum atomic E-state index is 5.50. The Morgan fingerprint density at radius 1 is 1.32 bits per heavy atom. The molecule has 3 rings (SSSR count). The number of hydrogen-bond donors (Lipinski definition) is 1. The molecule has 1 unspecified atom stereocenters. The average molecular weight is 322 g/mol. The Balaban J connectivity index is 1.64. The van der Waals surface area contributed by atoms with Crippen LogP contribution in [0.2, 0.25) is 0 Å². The lowest BCUT2D eigenvalue weighted by Crippen LogP contribution is -2.46. The van der Waals surface area contributed by atoms with Crippen molar-refractivity contribution in [2.75, 3.05) is 53.0 Å². The summed E-state index contributed by atoms with van der Waals surface area (Å²) >= 11 is 1.84. The summed E-state index contributed by atoms with van der Waals surface area (Å²) in [6.45, 7) is 6.84. The molecular formula is C16H26N4OS. The number of nitrogens with one attached hydrogen (secondary N) is 1. The van der Waals surface area contributed by atoms with E-state index in [1.165, 1.54) is 17.7 Å². The number of guanidine groups is 1. The van der Waals surface area contributed by atoms with Gasteiger partial charge < -0.3 is 15.0 Å². The van der Waals surface area contributed by atoms with Crippen LogP contribution in [0.3, 0.4) is 0 Å². The first kappa shape index (κ1) is 15.8. The van der Waals surface area contributed by atoms with Crippen molar-refractivity contribution in [3.8, 4) is 0 Å². The molecule has 6 heteroatoms. The number of hydrogen-bond acceptors (Lipinski definition) is 4. The summed E-state index contributed by atoms with van der Waals surface area (Å²) in [4.78, 5) is 10.8. The number of likely N-dealkylation sites (tertiary alicyclic amines) is 1. The Hall–Kier alpha value is -1.11. The quantitative estimate of drug-likeness (QED) is 0.678. The van der Waals surface area contributed by atoms with Crippen molar-refractivity contribution in [2.24, 2.45) is 4.99 Å². The number of nitrogens with zero attached hydrogens (tertiary/aromatic N) is 3. The molecule has 1 aromatic rings. The summed E-state index contributed by atoms with van der Waals surface area (Å²) in [5, 5.41) is 5.76. The molecule has 122 valence electrons. The van der Waals surface area contributed by atoms with Crippen molar-refractivity contribution in [1.29, 1.82) is 0 Å². The number of rotatable bonds is 4. The molecule has 0 saturated carbocycles. The van der Waals surface area contributed by atoms with Crippen molar-refractivity contribution in [2.45, 2.75) is 18.9 Å². The molecule has 0 aromatic carbocycles. The smallest absolute Gasteiger partial charge is 0.193 e. The minimum Gasteiger partial charge on any atom is -0.379 e. The minimum atomic E-state index is 0.406. The van der Waals surface area contributed by atoms with E-state index in [1.807, 2.05) is 18.4 Å². The van der Waals surface area contributed by atoms with Gasteiger partial charge in [-0.05, 0) is 24.3 Å². The SMILES string of the molecule is CN=C(NCC(c1cccs1)N1CCOCC1)N1CCCC1. The van der Waals surface area contributed by atoms with Crippen LogP contribution in [0, 0.1) is 0 Å². The minimum absolute atomic E-state index is 0.406. The molecular weight excluding hydrogens is 296 g/mol. The van der Waals surface area contributed by atoms with Gasteiger partial charge in [-0.2, -0.15) is 0 Å². The third-order valence-corrected chi connectivity index (χ3v) is 5.40. The highest BCUT2D eigenvalue weighted by Crippen LogP contribution is 2.25. The van der Waals surface area contributed by atoms with Gasteiger partial charge in [0.15, 0.2) is 5.96 Å². The molecule has 1 atom stereocenters. The zero-order valence-corrected chi connectivity index (χ0v) is 14.1. The zero-order valence-electron chi connectivity index (χ0n) is 13.3. The van der Waals surface area contributed by atoms with Gasteiger partial charge in [0.1, 0.15) is 0 Å². The van der Waals surface area contributed by atoms with Gasteiger partial charge in [-0.3, -0.25) is 9.89 Å². The second-order valence-corrected chi connectivity index (χ2v) is 6.78. The van der Waals surface area contributed by atoms with Gasteiger partial charge >= 0.3 is 0 Å².